The lowest BCUT2D eigenvalue weighted by Gasteiger charge is -2.53. The minimum Gasteiger partial charge on any atom is -0.465 e. The molecule has 3 heterocycles. The van der Waals surface area contributed by atoms with E-state index >= 15 is 0 Å². The van der Waals surface area contributed by atoms with Crippen LogP contribution in [0, 0.1) is 12.3 Å². The van der Waals surface area contributed by atoms with Gasteiger partial charge in [-0.3, -0.25) is 4.79 Å². The Labute approximate surface area is 244 Å². The Morgan fingerprint density at radius 1 is 1.07 bits per heavy atom. The van der Waals surface area contributed by atoms with E-state index in [2.05, 4.69) is 15.0 Å². The van der Waals surface area contributed by atoms with Crippen molar-refractivity contribution in [3.63, 3.8) is 0 Å². The van der Waals surface area contributed by atoms with E-state index in [-0.39, 0.29) is 56.2 Å². The third-order valence-electron chi connectivity index (χ3n) is 8.07. The molecule has 2 N–H and O–H groups in total. The predicted octanol–water partition coefficient (Wildman–Crippen LogP) is 5.14. The van der Waals surface area contributed by atoms with Gasteiger partial charge in [-0.1, -0.05) is 58.9 Å². The van der Waals surface area contributed by atoms with Gasteiger partial charge in [-0.2, -0.15) is 8.78 Å². The van der Waals surface area contributed by atoms with Crippen molar-refractivity contribution in [2.24, 2.45) is 5.41 Å². The van der Waals surface area contributed by atoms with E-state index in [0.717, 1.165) is 11.1 Å². The number of anilines is 1. The number of hydrogen-bond acceptors (Lipinski definition) is 5. The number of carbonyl (C=O) groups is 3. The van der Waals surface area contributed by atoms with Crippen molar-refractivity contribution in [2.75, 3.05) is 38.0 Å². The molecule has 1 unspecified atom stereocenters. The molecule has 2 fully saturated rings. The van der Waals surface area contributed by atoms with Crippen LogP contribution < -0.4 is 10.1 Å². The number of benzene rings is 1. The quantitative estimate of drug-likeness (QED) is 0.484. The first-order chi connectivity index (χ1) is 19.6. The van der Waals surface area contributed by atoms with Gasteiger partial charge in [0.05, 0.1) is 6.04 Å². The van der Waals surface area contributed by atoms with Crippen LogP contribution in [-0.2, 0) is 10.2 Å². The molecule has 42 heavy (non-hydrogen) atoms. The van der Waals surface area contributed by atoms with Crippen LogP contribution >= 0.6 is 0 Å². The molecule has 0 spiro atoms. The number of hydrogen-bond donors (Lipinski definition) is 2. The number of urea groups is 1. The van der Waals surface area contributed by atoms with Gasteiger partial charge in [0.1, 0.15) is 11.1 Å². The van der Waals surface area contributed by atoms with Gasteiger partial charge in [0.25, 0.3) is 0 Å². The van der Waals surface area contributed by atoms with Gasteiger partial charge in [0.2, 0.25) is 11.8 Å². The van der Waals surface area contributed by atoms with Crippen LogP contribution in [-0.4, -0.2) is 88.2 Å². The third-order valence-corrected chi connectivity index (χ3v) is 8.07. The molecule has 228 valence electrons. The number of alkyl halides is 2. The van der Waals surface area contributed by atoms with Crippen molar-refractivity contribution in [2.45, 2.75) is 65.5 Å². The molecule has 10 nitrogen and oxygen atoms in total. The Balaban J connectivity index is 1.63. The molecule has 1 aromatic carbocycles. The lowest BCUT2D eigenvalue weighted by atomic mass is 9.69. The number of piperazine rings is 1. The summed E-state index contributed by atoms with van der Waals surface area (Å²) in [5, 5.41) is 12.5. The summed E-state index contributed by atoms with van der Waals surface area (Å²) in [7, 11) is 0. The number of aromatic nitrogens is 1. The molecule has 0 aliphatic carbocycles. The third kappa shape index (κ3) is 6.12. The number of ether oxygens (including phenoxy) is 1. The fraction of sp³-hybridized carbons (Fsp3) is 0.533. The lowest BCUT2D eigenvalue weighted by molar-refractivity contribution is -0.127. The van der Waals surface area contributed by atoms with Gasteiger partial charge < -0.3 is 29.9 Å². The number of carbonyl (C=O) groups excluding carboxylic acids is 2. The summed E-state index contributed by atoms with van der Waals surface area (Å²) in [6, 6.07) is 9.90. The van der Waals surface area contributed by atoms with Crippen molar-refractivity contribution >= 4 is 23.7 Å². The van der Waals surface area contributed by atoms with Gasteiger partial charge in [-0.05, 0) is 41.5 Å². The fourth-order valence-electron chi connectivity index (χ4n) is 5.78. The van der Waals surface area contributed by atoms with Crippen LogP contribution in [0.2, 0.25) is 0 Å². The Morgan fingerprint density at radius 3 is 2.33 bits per heavy atom. The van der Waals surface area contributed by atoms with Gasteiger partial charge in [0.15, 0.2) is 0 Å². The Bertz CT molecular complexity index is 1340. The van der Waals surface area contributed by atoms with E-state index in [0.29, 0.717) is 5.69 Å². The molecule has 1 atom stereocenters. The standard InChI is InChI=1S/C30H39F2N5O5/c1-18(2)20-9-7-8-10-21(20)30(25(38)34-22-12-11-19(3)33-24(22)42-26(31)32)16-36(17-30)27(39)35-13-14-37(28(40)41)23(15-35)29(4,5)6/h7-12,18,23,26H,13-17H2,1-6H3,(H,34,38)(H,40,41). The number of carboxylic acid groups (broad SMARTS) is 1. The number of rotatable bonds is 6. The van der Waals surface area contributed by atoms with Gasteiger partial charge >= 0.3 is 18.7 Å². The van der Waals surface area contributed by atoms with Crippen molar-refractivity contribution in [3.05, 3.63) is 53.2 Å². The average Bonchev–Trinajstić information content (AvgIpc) is 2.88. The van der Waals surface area contributed by atoms with E-state index in [9.17, 15) is 28.3 Å². The molecule has 0 saturated carbocycles. The van der Waals surface area contributed by atoms with Crippen molar-refractivity contribution < 1.29 is 33.0 Å². The largest absolute Gasteiger partial charge is 0.465 e. The van der Waals surface area contributed by atoms with Crippen molar-refractivity contribution in [3.8, 4) is 5.88 Å². The van der Waals surface area contributed by atoms with Gasteiger partial charge in [-0.15, -0.1) is 0 Å². The number of amides is 4. The number of halogens is 2. The van der Waals surface area contributed by atoms with Crippen molar-refractivity contribution in [1.29, 1.82) is 0 Å². The molecule has 2 aliphatic rings. The summed E-state index contributed by atoms with van der Waals surface area (Å²) in [4.78, 5) is 48.2. The number of nitrogens with one attached hydrogen (secondary N) is 1. The summed E-state index contributed by atoms with van der Waals surface area (Å²) >= 11 is 0. The van der Waals surface area contributed by atoms with E-state index < -0.39 is 35.5 Å². The number of pyridine rings is 1. The van der Waals surface area contributed by atoms with E-state index in [1.807, 2.05) is 58.9 Å². The zero-order valence-corrected chi connectivity index (χ0v) is 24.9. The molecule has 2 aromatic rings. The smallest absolute Gasteiger partial charge is 0.407 e. The van der Waals surface area contributed by atoms with E-state index in [4.69, 9.17) is 0 Å². The maximum absolute atomic E-state index is 14.1. The van der Waals surface area contributed by atoms with E-state index in [1.165, 1.54) is 11.0 Å². The molecule has 1 aromatic heterocycles. The minimum atomic E-state index is -3.12. The molecule has 0 radical (unpaired) electrons. The first-order valence-electron chi connectivity index (χ1n) is 14.0. The Hall–Kier alpha value is -3.96. The zero-order chi connectivity index (χ0) is 31.0. The maximum Gasteiger partial charge on any atom is 0.407 e. The van der Waals surface area contributed by atoms with E-state index in [1.54, 1.807) is 22.8 Å². The van der Waals surface area contributed by atoms with Crippen LogP contribution in [0.15, 0.2) is 36.4 Å². The monoisotopic (exact) mass is 587 g/mol. The molecule has 2 aliphatic heterocycles. The molecular weight excluding hydrogens is 548 g/mol. The van der Waals surface area contributed by atoms with Crippen LogP contribution in [0.5, 0.6) is 5.88 Å². The zero-order valence-electron chi connectivity index (χ0n) is 24.9. The SMILES string of the molecule is Cc1ccc(NC(=O)C2(c3ccccc3C(C)C)CN(C(=O)N3CCN(C(=O)O)C(C(C)(C)C)C3)C2)c(OC(F)F)n1. The van der Waals surface area contributed by atoms with Crippen LogP contribution in [0.4, 0.5) is 24.1 Å². The average molecular weight is 588 g/mol. The summed E-state index contributed by atoms with van der Waals surface area (Å²) in [6.45, 7) is 9.12. The normalized spacial score (nSPS) is 18.6. The number of likely N-dealkylation sites (tertiary alicyclic amines) is 1. The van der Waals surface area contributed by atoms with Crippen LogP contribution in [0.3, 0.4) is 0 Å². The predicted molar refractivity (Wildman–Crippen MR) is 153 cm³/mol. The fourth-order valence-corrected chi connectivity index (χ4v) is 5.78. The first kappa shape index (κ1) is 31.0. The second-order valence-corrected chi connectivity index (χ2v) is 12.4. The summed E-state index contributed by atoms with van der Waals surface area (Å²) in [5.41, 5.74) is 0.590. The topological polar surface area (TPSA) is 115 Å². The summed E-state index contributed by atoms with van der Waals surface area (Å²) < 4.78 is 30.8. The Morgan fingerprint density at radius 2 is 1.74 bits per heavy atom. The number of nitrogens with zero attached hydrogens (tertiary/aromatic N) is 4. The second-order valence-electron chi connectivity index (χ2n) is 12.4. The Kier molecular flexibility index (Phi) is 8.65. The van der Waals surface area contributed by atoms with Crippen LogP contribution in [0.25, 0.3) is 0 Å². The first-order valence-corrected chi connectivity index (χ1v) is 14.0. The van der Waals surface area contributed by atoms with Crippen LogP contribution in [0.1, 0.15) is 57.4 Å². The second kappa shape index (κ2) is 11.7. The summed E-state index contributed by atoms with van der Waals surface area (Å²) in [6.07, 6.45) is -1.02. The highest BCUT2D eigenvalue weighted by atomic mass is 19.3. The molecular formula is C30H39F2N5O5. The highest BCUT2D eigenvalue weighted by molar-refractivity contribution is 6.02. The highest BCUT2D eigenvalue weighted by Crippen LogP contribution is 2.41. The van der Waals surface area contributed by atoms with Gasteiger partial charge in [0, 0.05) is 38.4 Å². The minimum absolute atomic E-state index is 0.00916. The van der Waals surface area contributed by atoms with Crippen molar-refractivity contribution in [1.82, 2.24) is 19.7 Å². The molecule has 2 saturated heterocycles. The lowest BCUT2D eigenvalue weighted by Crippen LogP contribution is -2.70. The summed E-state index contributed by atoms with van der Waals surface area (Å²) in [5.74, 6) is -0.777. The maximum atomic E-state index is 14.1. The highest BCUT2D eigenvalue weighted by Gasteiger charge is 2.55. The van der Waals surface area contributed by atoms with Gasteiger partial charge in [-0.25, -0.2) is 14.6 Å². The molecule has 4 amide bonds. The number of aryl methyl sites for hydroxylation is 1. The molecule has 4 rings (SSSR count). The molecule has 0 bridgehead atoms. The molecule has 12 heteroatoms.